The Morgan fingerprint density at radius 3 is 2.65 bits per heavy atom. The normalized spacial score (nSPS) is 10.3. The lowest BCUT2D eigenvalue weighted by Crippen LogP contribution is -2.31. The number of hydrogen-bond acceptors (Lipinski definition) is 3. The van der Waals surface area contributed by atoms with E-state index in [0.29, 0.717) is 23.5 Å². The van der Waals surface area contributed by atoms with Crippen molar-refractivity contribution in [1.29, 1.82) is 0 Å². The number of hydrogen-bond donors (Lipinski definition) is 2. The number of aryl methyl sites for hydroxylation is 1. The molecule has 0 heterocycles. The Labute approximate surface area is 118 Å². The van der Waals surface area contributed by atoms with Gasteiger partial charge in [0.05, 0.1) is 5.69 Å². The summed E-state index contributed by atoms with van der Waals surface area (Å²) in [6, 6.07) is 11.9. The summed E-state index contributed by atoms with van der Waals surface area (Å²) < 4.78 is 0. The maximum atomic E-state index is 12.6. The quantitative estimate of drug-likeness (QED) is 0.843. The first-order chi connectivity index (χ1) is 9.52. The van der Waals surface area contributed by atoms with Crippen LogP contribution in [0.2, 0.25) is 0 Å². The molecule has 0 spiro atoms. The van der Waals surface area contributed by atoms with Gasteiger partial charge in [-0.25, -0.2) is 0 Å². The molecule has 2 aromatic carbocycles. The Morgan fingerprint density at radius 2 is 2.00 bits per heavy atom. The molecule has 4 heteroatoms. The largest absolute Gasteiger partial charge is 0.508 e. The molecule has 104 valence electrons. The van der Waals surface area contributed by atoms with Gasteiger partial charge in [0, 0.05) is 23.9 Å². The van der Waals surface area contributed by atoms with E-state index in [1.807, 2.05) is 13.8 Å². The molecule has 0 fully saturated rings. The molecule has 0 aliphatic carbocycles. The van der Waals surface area contributed by atoms with Crippen LogP contribution in [-0.2, 0) is 0 Å². The lowest BCUT2D eigenvalue weighted by Gasteiger charge is -2.23. The number of carbonyl (C=O) groups excluding carboxylic acids is 1. The molecule has 0 aliphatic heterocycles. The number of carbonyl (C=O) groups is 1. The van der Waals surface area contributed by atoms with Crippen molar-refractivity contribution in [3.05, 3.63) is 53.6 Å². The minimum absolute atomic E-state index is 0.131. The third kappa shape index (κ3) is 2.74. The molecule has 0 bridgehead atoms. The van der Waals surface area contributed by atoms with Crippen molar-refractivity contribution in [1.82, 2.24) is 0 Å². The van der Waals surface area contributed by atoms with Gasteiger partial charge in [0.25, 0.3) is 5.91 Å². The van der Waals surface area contributed by atoms with Crippen molar-refractivity contribution in [2.24, 2.45) is 0 Å². The Kier molecular flexibility index (Phi) is 3.94. The van der Waals surface area contributed by atoms with Crippen molar-refractivity contribution in [3.63, 3.8) is 0 Å². The molecular formula is C16H18N2O2. The van der Waals surface area contributed by atoms with Gasteiger partial charge in [0.1, 0.15) is 5.75 Å². The number of nitrogens with zero attached hydrogens (tertiary/aromatic N) is 1. The highest BCUT2D eigenvalue weighted by Crippen LogP contribution is 2.26. The molecular weight excluding hydrogens is 252 g/mol. The molecule has 0 aromatic heterocycles. The van der Waals surface area contributed by atoms with Gasteiger partial charge in [-0.05, 0) is 43.7 Å². The highest BCUT2D eigenvalue weighted by atomic mass is 16.3. The number of aromatic hydroxyl groups is 1. The summed E-state index contributed by atoms with van der Waals surface area (Å²) >= 11 is 0. The molecule has 0 saturated heterocycles. The first-order valence-corrected chi connectivity index (χ1v) is 6.50. The molecule has 0 radical (unpaired) electrons. The maximum absolute atomic E-state index is 12.6. The fraction of sp³-hybridized carbons (Fsp3) is 0.188. The van der Waals surface area contributed by atoms with E-state index in [-0.39, 0.29) is 11.7 Å². The molecule has 2 rings (SSSR count). The van der Waals surface area contributed by atoms with Gasteiger partial charge in [-0.1, -0.05) is 12.1 Å². The van der Waals surface area contributed by atoms with Crippen molar-refractivity contribution in [2.45, 2.75) is 13.8 Å². The van der Waals surface area contributed by atoms with Gasteiger partial charge in [-0.15, -0.1) is 0 Å². The zero-order valence-electron chi connectivity index (χ0n) is 11.6. The van der Waals surface area contributed by atoms with Gasteiger partial charge in [-0.2, -0.15) is 0 Å². The summed E-state index contributed by atoms with van der Waals surface area (Å²) in [5, 5.41) is 9.62. The number of phenolic OH excluding ortho intramolecular Hbond substituents is 1. The number of anilines is 2. The predicted molar refractivity (Wildman–Crippen MR) is 81.0 cm³/mol. The van der Waals surface area contributed by atoms with Crippen molar-refractivity contribution in [2.75, 3.05) is 17.2 Å². The number of benzene rings is 2. The fourth-order valence-electron chi connectivity index (χ4n) is 2.14. The van der Waals surface area contributed by atoms with E-state index in [9.17, 15) is 9.90 Å². The van der Waals surface area contributed by atoms with Gasteiger partial charge in [-0.3, -0.25) is 4.79 Å². The van der Waals surface area contributed by atoms with Crippen molar-refractivity contribution < 1.29 is 9.90 Å². The highest BCUT2D eigenvalue weighted by molar-refractivity contribution is 6.07. The smallest absolute Gasteiger partial charge is 0.258 e. The predicted octanol–water partition coefficient (Wildman–Crippen LogP) is 2.95. The Bertz CT molecular complexity index is 638. The topological polar surface area (TPSA) is 66.6 Å². The van der Waals surface area contributed by atoms with E-state index in [2.05, 4.69) is 0 Å². The minimum Gasteiger partial charge on any atom is -0.508 e. The molecule has 20 heavy (non-hydrogen) atoms. The average Bonchev–Trinajstić information content (AvgIpc) is 2.43. The lowest BCUT2D eigenvalue weighted by atomic mass is 10.1. The van der Waals surface area contributed by atoms with Crippen molar-refractivity contribution >= 4 is 17.3 Å². The van der Waals surface area contributed by atoms with Crippen LogP contribution in [0.4, 0.5) is 11.4 Å². The van der Waals surface area contributed by atoms with Crippen LogP contribution in [0.25, 0.3) is 0 Å². The Balaban J connectivity index is 2.42. The molecule has 0 atom stereocenters. The maximum Gasteiger partial charge on any atom is 0.258 e. The number of amides is 1. The Morgan fingerprint density at radius 1 is 1.25 bits per heavy atom. The van der Waals surface area contributed by atoms with E-state index in [1.165, 1.54) is 0 Å². The summed E-state index contributed by atoms with van der Waals surface area (Å²) in [4.78, 5) is 14.2. The van der Waals surface area contributed by atoms with Gasteiger partial charge in [0.15, 0.2) is 0 Å². The highest BCUT2D eigenvalue weighted by Gasteiger charge is 2.18. The van der Waals surface area contributed by atoms with Crippen LogP contribution >= 0.6 is 0 Å². The second kappa shape index (κ2) is 5.65. The van der Waals surface area contributed by atoms with E-state index in [1.54, 1.807) is 47.4 Å². The summed E-state index contributed by atoms with van der Waals surface area (Å²) in [5.41, 5.74) is 8.45. The summed E-state index contributed by atoms with van der Waals surface area (Å²) in [7, 11) is 0. The number of nitrogen functional groups attached to an aromatic ring is 1. The van der Waals surface area contributed by atoms with Crippen LogP contribution in [0.15, 0.2) is 42.5 Å². The van der Waals surface area contributed by atoms with E-state index in [0.717, 1.165) is 5.56 Å². The fourth-order valence-corrected chi connectivity index (χ4v) is 2.14. The lowest BCUT2D eigenvalue weighted by molar-refractivity contribution is 0.0988. The van der Waals surface area contributed by atoms with Crippen LogP contribution < -0.4 is 10.6 Å². The molecule has 0 aliphatic rings. The summed E-state index contributed by atoms with van der Waals surface area (Å²) in [6.07, 6.45) is 0. The van der Waals surface area contributed by atoms with Gasteiger partial charge < -0.3 is 15.7 Å². The van der Waals surface area contributed by atoms with Crippen LogP contribution in [0, 0.1) is 6.92 Å². The zero-order valence-corrected chi connectivity index (χ0v) is 11.6. The SMILES string of the molecule is CCN(C(=O)c1cccc(N)c1)c1cc(O)ccc1C. The van der Waals surface area contributed by atoms with E-state index >= 15 is 0 Å². The van der Waals surface area contributed by atoms with Crippen LogP contribution in [0.5, 0.6) is 5.75 Å². The molecule has 4 nitrogen and oxygen atoms in total. The third-order valence-electron chi connectivity index (χ3n) is 3.18. The monoisotopic (exact) mass is 270 g/mol. The summed E-state index contributed by atoms with van der Waals surface area (Å²) in [5.74, 6) is 0.0120. The first-order valence-electron chi connectivity index (χ1n) is 6.50. The molecule has 3 N–H and O–H groups in total. The van der Waals surface area contributed by atoms with Gasteiger partial charge >= 0.3 is 0 Å². The first kappa shape index (κ1) is 13.9. The van der Waals surface area contributed by atoms with Crippen LogP contribution in [0.3, 0.4) is 0 Å². The van der Waals surface area contributed by atoms with E-state index < -0.39 is 0 Å². The summed E-state index contributed by atoms with van der Waals surface area (Å²) in [6.45, 7) is 4.32. The number of rotatable bonds is 3. The zero-order chi connectivity index (χ0) is 14.7. The minimum atomic E-state index is -0.131. The standard InChI is InChI=1S/C16H18N2O2/c1-3-18(15-10-14(19)8-7-11(15)2)16(20)12-5-4-6-13(17)9-12/h4-10,19H,3,17H2,1-2H3. The Hall–Kier alpha value is -2.49. The number of nitrogens with two attached hydrogens (primary N) is 1. The second-order valence-corrected chi connectivity index (χ2v) is 4.65. The van der Waals surface area contributed by atoms with Crippen molar-refractivity contribution in [3.8, 4) is 5.75 Å². The second-order valence-electron chi connectivity index (χ2n) is 4.65. The van der Waals surface area contributed by atoms with Crippen LogP contribution in [-0.4, -0.2) is 17.6 Å². The van der Waals surface area contributed by atoms with Crippen LogP contribution in [0.1, 0.15) is 22.8 Å². The van der Waals surface area contributed by atoms with E-state index in [4.69, 9.17) is 5.73 Å². The number of phenols is 1. The average molecular weight is 270 g/mol. The molecule has 1 amide bonds. The molecule has 0 unspecified atom stereocenters. The van der Waals surface area contributed by atoms with Gasteiger partial charge in [0.2, 0.25) is 0 Å². The molecule has 0 saturated carbocycles. The molecule has 2 aromatic rings. The third-order valence-corrected chi connectivity index (χ3v) is 3.18.